The Bertz CT molecular complexity index is 845. The van der Waals surface area contributed by atoms with Crippen molar-refractivity contribution in [3.8, 4) is 5.75 Å². The van der Waals surface area contributed by atoms with Crippen LogP contribution in [0.3, 0.4) is 0 Å². The van der Waals surface area contributed by atoms with Crippen LogP contribution in [-0.4, -0.2) is 63.7 Å². The predicted molar refractivity (Wildman–Crippen MR) is 105 cm³/mol. The number of phenolic OH excluding ortho intramolecular Hbond substituents is 1. The molecule has 12 heteroatoms. The van der Waals surface area contributed by atoms with Crippen molar-refractivity contribution in [2.24, 2.45) is 0 Å². The maximum atomic E-state index is 13.6. The van der Waals surface area contributed by atoms with E-state index in [1.165, 1.54) is 24.0 Å². The number of carbonyl (C=O) groups excluding carboxylic acids is 3. The van der Waals surface area contributed by atoms with E-state index in [-0.39, 0.29) is 34.3 Å². The van der Waals surface area contributed by atoms with Gasteiger partial charge in [0.15, 0.2) is 12.0 Å². The largest absolute Gasteiger partial charge is 0.505 e. The molecule has 1 aliphatic rings. The topological polar surface area (TPSA) is 136 Å². The van der Waals surface area contributed by atoms with Gasteiger partial charge in [-0.15, -0.1) is 0 Å². The van der Waals surface area contributed by atoms with Crippen molar-refractivity contribution in [2.45, 2.75) is 44.6 Å². The van der Waals surface area contributed by atoms with Gasteiger partial charge in [-0.3, -0.25) is 19.2 Å². The second kappa shape index (κ2) is 9.94. The molecule has 3 atom stereocenters. The smallest absolute Gasteiger partial charge is 0.308 e. The minimum absolute atomic E-state index is 0.0205. The number of aromatic hydroxyl groups is 1. The number of aliphatic carboxylic acids is 1. The van der Waals surface area contributed by atoms with Gasteiger partial charge in [-0.1, -0.05) is 23.2 Å². The van der Waals surface area contributed by atoms with Gasteiger partial charge in [-0.05, 0) is 31.9 Å². The third-order valence-electron chi connectivity index (χ3n) is 4.49. The van der Waals surface area contributed by atoms with Crippen molar-refractivity contribution in [2.75, 3.05) is 6.54 Å². The molecule has 1 heterocycles. The van der Waals surface area contributed by atoms with Crippen molar-refractivity contribution < 1.29 is 33.8 Å². The van der Waals surface area contributed by atoms with Crippen molar-refractivity contribution in [3.05, 3.63) is 27.7 Å². The number of benzene rings is 1. The number of halogens is 3. The first-order valence-corrected chi connectivity index (χ1v) is 9.72. The second-order valence-electron chi connectivity index (χ2n) is 6.75. The first-order chi connectivity index (χ1) is 14.0. The Morgan fingerprint density at radius 1 is 1.23 bits per heavy atom. The number of hydrogen-bond acceptors (Lipinski definition) is 5. The minimum Gasteiger partial charge on any atom is -0.505 e. The summed E-state index contributed by atoms with van der Waals surface area (Å²) in [6.07, 6.45) is -2.20. The van der Waals surface area contributed by atoms with Crippen LogP contribution in [0.2, 0.25) is 10.0 Å². The van der Waals surface area contributed by atoms with Crippen LogP contribution >= 0.6 is 23.2 Å². The molecule has 0 aromatic heterocycles. The van der Waals surface area contributed by atoms with Crippen LogP contribution in [0.25, 0.3) is 0 Å². The number of amides is 3. The number of rotatable bonds is 7. The molecule has 9 nitrogen and oxygen atoms in total. The summed E-state index contributed by atoms with van der Waals surface area (Å²) in [6.45, 7) is 1.64. The quantitative estimate of drug-likeness (QED) is 0.454. The van der Waals surface area contributed by atoms with Crippen molar-refractivity contribution in [3.63, 3.8) is 0 Å². The van der Waals surface area contributed by atoms with Crippen LogP contribution in [-0.2, 0) is 14.4 Å². The van der Waals surface area contributed by atoms with E-state index in [0.717, 1.165) is 0 Å². The Balaban J connectivity index is 2.03. The van der Waals surface area contributed by atoms with Crippen LogP contribution in [0.5, 0.6) is 5.75 Å². The van der Waals surface area contributed by atoms with Gasteiger partial charge in [-0.2, -0.15) is 0 Å². The van der Waals surface area contributed by atoms with Gasteiger partial charge < -0.3 is 25.7 Å². The first-order valence-electron chi connectivity index (χ1n) is 8.96. The number of nitrogens with zero attached hydrogens (tertiary/aromatic N) is 1. The van der Waals surface area contributed by atoms with E-state index >= 15 is 0 Å². The van der Waals surface area contributed by atoms with Crippen LogP contribution in [0.15, 0.2) is 12.1 Å². The number of carboxylic acids is 1. The molecule has 2 unspecified atom stereocenters. The summed E-state index contributed by atoms with van der Waals surface area (Å²) < 4.78 is 13.6. The molecule has 4 N–H and O–H groups in total. The maximum absolute atomic E-state index is 13.6. The Morgan fingerprint density at radius 3 is 2.40 bits per heavy atom. The van der Waals surface area contributed by atoms with Gasteiger partial charge in [0.2, 0.25) is 11.8 Å². The SMILES string of the molecule is CC(NC(=O)c1cc(Cl)c(O)c(Cl)c1)C(=O)N1CCCC1C(=O)N[C@H](F)CC(=O)O. The number of hydrogen-bond donors (Lipinski definition) is 4. The lowest BCUT2D eigenvalue weighted by molar-refractivity contribution is -0.142. The average Bonchev–Trinajstić information content (AvgIpc) is 3.14. The molecule has 2 rings (SSSR count). The molecule has 0 bridgehead atoms. The fraction of sp³-hybridized carbons (Fsp3) is 0.444. The lowest BCUT2D eigenvalue weighted by Crippen LogP contribution is -2.53. The maximum Gasteiger partial charge on any atom is 0.308 e. The fourth-order valence-corrected chi connectivity index (χ4v) is 3.53. The molecular weight excluding hydrogens is 444 g/mol. The first kappa shape index (κ1) is 23.7. The van der Waals surface area contributed by atoms with Crippen molar-refractivity contribution in [1.82, 2.24) is 15.5 Å². The molecular formula is C18H20Cl2FN3O6. The summed E-state index contributed by atoms with van der Waals surface area (Å²) in [5.41, 5.74) is 0.0205. The number of nitrogens with one attached hydrogen (secondary N) is 2. The van der Waals surface area contributed by atoms with E-state index in [9.17, 15) is 28.7 Å². The zero-order valence-electron chi connectivity index (χ0n) is 15.8. The lowest BCUT2D eigenvalue weighted by atomic mass is 10.1. The van der Waals surface area contributed by atoms with Gasteiger partial charge in [0.05, 0.1) is 16.5 Å². The van der Waals surface area contributed by atoms with Crippen LogP contribution in [0, 0.1) is 0 Å². The van der Waals surface area contributed by atoms with Gasteiger partial charge >= 0.3 is 5.97 Å². The normalized spacial score (nSPS) is 17.9. The number of carbonyl (C=O) groups is 4. The highest BCUT2D eigenvalue weighted by Gasteiger charge is 2.37. The van der Waals surface area contributed by atoms with Crippen LogP contribution < -0.4 is 10.6 Å². The molecule has 30 heavy (non-hydrogen) atoms. The third-order valence-corrected chi connectivity index (χ3v) is 5.06. The van der Waals surface area contributed by atoms with Crippen molar-refractivity contribution >= 4 is 46.9 Å². The standard InChI is InChI=1S/C18H20Cl2FN3O6/c1-8(22-16(28)9-5-10(19)15(27)11(20)6-9)18(30)24-4-2-3-12(24)17(29)23-13(21)7-14(25)26/h5-6,8,12-13,27H,2-4,7H2,1H3,(H,22,28)(H,23,29)(H,25,26)/t8?,12?,13-/m0/s1. The number of likely N-dealkylation sites (tertiary alicyclic amines) is 1. The molecule has 1 fully saturated rings. The Labute approximate surface area is 181 Å². The fourth-order valence-electron chi connectivity index (χ4n) is 3.05. The molecule has 3 amide bonds. The van der Waals surface area contributed by atoms with Gasteiger partial charge in [0, 0.05) is 12.1 Å². The third kappa shape index (κ3) is 5.73. The monoisotopic (exact) mass is 463 g/mol. The summed E-state index contributed by atoms with van der Waals surface area (Å²) >= 11 is 11.6. The van der Waals surface area contributed by atoms with Gasteiger partial charge in [-0.25, -0.2) is 4.39 Å². The lowest BCUT2D eigenvalue weighted by Gasteiger charge is -2.27. The summed E-state index contributed by atoms with van der Waals surface area (Å²) in [7, 11) is 0. The Kier molecular flexibility index (Phi) is 7.85. The van der Waals surface area contributed by atoms with E-state index in [2.05, 4.69) is 5.32 Å². The predicted octanol–water partition coefficient (Wildman–Crippen LogP) is 1.69. The Morgan fingerprint density at radius 2 is 1.83 bits per heavy atom. The molecule has 0 spiro atoms. The van der Waals surface area contributed by atoms with Crippen molar-refractivity contribution in [1.29, 1.82) is 0 Å². The van der Waals surface area contributed by atoms with Crippen LogP contribution in [0.4, 0.5) is 4.39 Å². The van der Waals surface area contributed by atoms with E-state index in [1.807, 2.05) is 5.32 Å². The molecule has 164 valence electrons. The van der Waals surface area contributed by atoms with Gasteiger partial charge in [0.1, 0.15) is 12.1 Å². The minimum atomic E-state index is -2.08. The molecule has 1 aromatic rings. The zero-order chi connectivity index (χ0) is 22.6. The highest BCUT2D eigenvalue weighted by atomic mass is 35.5. The molecule has 0 saturated carbocycles. The summed E-state index contributed by atoms with van der Waals surface area (Å²) in [4.78, 5) is 49.1. The molecule has 1 aliphatic heterocycles. The number of phenols is 1. The zero-order valence-corrected chi connectivity index (χ0v) is 17.3. The Hall–Kier alpha value is -2.59. The van der Waals surface area contributed by atoms with E-state index in [0.29, 0.717) is 6.42 Å². The number of alkyl halides is 1. The van der Waals surface area contributed by atoms with Gasteiger partial charge in [0.25, 0.3) is 5.91 Å². The highest BCUT2D eigenvalue weighted by Crippen LogP contribution is 2.32. The summed E-state index contributed by atoms with van der Waals surface area (Å²) in [5, 5.41) is 22.3. The average molecular weight is 464 g/mol. The highest BCUT2D eigenvalue weighted by molar-refractivity contribution is 6.37. The van der Waals surface area contributed by atoms with Crippen LogP contribution in [0.1, 0.15) is 36.5 Å². The summed E-state index contributed by atoms with van der Waals surface area (Å²) in [5.74, 6) is -3.83. The molecule has 0 radical (unpaired) electrons. The van der Waals surface area contributed by atoms with E-state index in [4.69, 9.17) is 28.3 Å². The molecule has 1 aromatic carbocycles. The van der Waals surface area contributed by atoms with E-state index in [1.54, 1.807) is 0 Å². The summed E-state index contributed by atoms with van der Waals surface area (Å²) in [6, 6.07) is 0.370. The second-order valence-corrected chi connectivity index (χ2v) is 7.56. The molecule has 0 aliphatic carbocycles. The molecule has 1 saturated heterocycles. The number of carboxylic acid groups (broad SMARTS) is 1. The van der Waals surface area contributed by atoms with E-state index < -0.39 is 48.5 Å².